The van der Waals surface area contributed by atoms with Gasteiger partial charge in [-0.05, 0) is 18.5 Å². The Morgan fingerprint density at radius 1 is 1.50 bits per heavy atom. The summed E-state index contributed by atoms with van der Waals surface area (Å²) in [7, 11) is 0. The Bertz CT molecular complexity index is 329. The summed E-state index contributed by atoms with van der Waals surface area (Å²) in [6.45, 7) is 7.80. The number of rotatable bonds is 6. The molecule has 0 atom stereocenters. The third-order valence-corrected chi connectivity index (χ3v) is 2.06. The maximum atomic E-state index is 13.8. The zero-order valence-corrected chi connectivity index (χ0v) is 10.1. The lowest BCUT2D eigenvalue weighted by Gasteiger charge is -2.10. The van der Waals surface area contributed by atoms with Crippen LogP contribution < -0.4 is 10.1 Å². The molecule has 3 nitrogen and oxygen atoms in total. The third-order valence-electron chi connectivity index (χ3n) is 2.06. The lowest BCUT2D eigenvalue weighted by atomic mass is 10.2. The predicted octanol–water partition coefficient (Wildman–Crippen LogP) is 2.37. The highest BCUT2D eigenvalue weighted by molar-refractivity contribution is 5.23. The minimum atomic E-state index is -0.357. The second-order valence-corrected chi connectivity index (χ2v) is 4.07. The maximum Gasteiger partial charge on any atom is 0.250 e. The monoisotopic (exact) mass is 226 g/mol. The molecular weight excluding hydrogens is 207 g/mol. The summed E-state index contributed by atoms with van der Waals surface area (Å²) < 4.78 is 19.1. The minimum absolute atomic E-state index is 0.101. The van der Waals surface area contributed by atoms with Crippen molar-refractivity contribution in [1.29, 1.82) is 0 Å². The van der Waals surface area contributed by atoms with Gasteiger partial charge in [0.25, 0.3) is 5.88 Å². The Labute approximate surface area is 96.0 Å². The third kappa shape index (κ3) is 3.77. The van der Waals surface area contributed by atoms with Crippen LogP contribution in [0.4, 0.5) is 4.39 Å². The van der Waals surface area contributed by atoms with Crippen LogP contribution in [0.3, 0.4) is 0 Å². The lowest BCUT2D eigenvalue weighted by molar-refractivity contribution is 0.248. The van der Waals surface area contributed by atoms with Crippen molar-refractivity contribution in [2.24, 2.45) is 5.92 Å². The first kappa shape index (κ1) is 12.9. The van der Waals surface area contributed by atoms with Gasteiger partial charge in [-0.25, -0.2) is 9.37 Å². The molecule has 1 aromatic heterocycles. The zero-order chi connectivity index (χ0) is 12.0. The summed E-state index contributed by atoms with van der Waals surface area (Å²) in [5.74, 6) is 0.104. The molecule has 90 valence electrons. The van der Waals surface area contributed by atoms with Crippen molar-refractivity contribution in [3.63, 3.8) is 0 Å². The van der Waals surface area contributed by atoms with Crippen LogP contribution in [-0.2, 0) is 6.54 Å². The second kappa shape index (κ2) is 6.43. The van der Waals surface area contributed by atoms with Gasteiger partial charge in [-0.2, -0.15) is 0 Å². The summed E-state index contributed by atoms with van der Waals surface area (Å²) in [4.78, 5) is 3.89. The SMILES string of the molecule is CCNCc1ccnc(OCC(C)C)c1F. The van der Waals surface area contributed by atoms with Crippen molar-refractivity contribution in [1.82, 2.24) is 10.3 Å². The van der Waals surface area contributed by atoms with Crippen molar-refractivity contribution in [2.75, 3.05) is 13.2 Å². The maximum absolute atomic E-state index is 13.8. The summed E-state index contributed by atoms with van der Waals surface area (Å²) in [5, 5.41) is 3.07. The topological polar surface area (TPSA) is 34.2 Å². The average molecular weight is 226 g/mol. The van der Waals surface area contributed by atoms with Gasteiger partial charge in [-0.1, -0.05) is 20.8 Å². The molecule has 0 amide bonds. The van der Waals surface area contributed by atoms with E-state index >= 15 is 0 Å². The molecule has 0 aromatic carbocycles. The molecule has 1 aromatic rings. The van der Waals surface area contributed by atoms with Crippen molar-refractivity contribution >= 4 is 0 Å². The van der Waals surface area contributed by atoms with Crippen molar-refractivity contribution in [2.45, 2.75) is 27.3 Å². The summed E-state index contributed by atoms with van der Waals surface area (Å²) in [6.07, 6.45) is 1.57. The molecule has 0 saturated carbocycles. The molecule has 0 fully saturated rings. The number of nitrogens with zero attached hydrogens (tertiary/aromatic N) is 1. The highest BCUT2D eigenvalue weighted by Crippen LogP contribution is 2.17. The largest absolute Gasteiger partial charge is 0.475 e. The van der Waals surface area contributed by atoms with Crippen molar-refractivity contribution in [3.8, 4) is 5.88 Å². The Balaban J connectivity index is 2.70. The van der Waals surface area contributed by atoms with Crippen LogP contribution >= 0.6 is 0 Å². The van der Waals surface area contributed by atoms with E-state index in [0.717, 1.165) is 6.54 Å². The van der Waals surface area contributed by atoms with Gasteiger partial charge in [-0.3, -0.25) is 0 Å². The molecule has 1 rings (SSSR count). The van der Waals surface area contributed by atoms with E-state index in [1.807, 2.05) is 20.8 Å². The van der Waals surface area contributed by atoms with Crippen LogP contribution in [0.2, 0.25) is 0 Å². The fourth-order valence-corrected chi connectivity index (χ4v) is 1.20. The summed E-state index contributed by atoms with van der Waals surface area (Å²) >= 11 is 0. The molecular formula is C12H19FN2O. The zero-order valence-electron chi connectivity index (χ0n) is 10.1. The number of nitrogens with one attached hydrogen (secondary N) is 1. The van der Waals surface area contributed by atoms with Crippen LogP contribution in [0.25, 0.3) is 0 Å². The Morgan fingerprint density at radius 2 is 2.25 bits per heavy atom. The molecule has 0 aliphatic rings. The molecule has 0 radical (unpaired) electrons. The molecule has 0 spiro atoms. The second-order valence-electron chi connectivity index (χ2n) is 4.07. The number of hydrogen-bond acceptors (Lipinski definition) is 3. The van der Waals surface area contributed by atoms with Crippen LogP contribution in [0.15, 0.2) is 12.3 Å². The van der Waals surface area contributed by atoms with Gasteiger partial charge in [0.1, 0.15) is 0 Å². The van der Waals surface area contributed by atoms with Crippen LogP contribution in [0, 0.1) is 11.7 Å². The van der Waals surface area contributed by atoms with Gasteiger partial charge in [0.05, 0.1) is 6.61 Å². The van der Waals surface area contributed by atoms with E-state index in [2.05, 4.69) is 10.3 Å². The molecule has 4 heteroatoms. The quantitative estimate of drug-likeness (QED) is 0.808. The first-order valence-corrected chi connectivity index (χ1v) is 5.62. The van der Waals surface area contributed by atoms with E-state index in [4.69, 9.17) is 4.74 Å². The van der Waals surface area contributed by atoms with Gasteiger partial charge in [0.15, 0.2) is 5.82 Å². The Kier molecular flexibility index (Phi) is 5.19. The van der Waals surface area contributed by atoms with Gasteiger partial charge in [-0.15, -0.1) is 0 Å². The molecule has 1 N–H and O–H groups in total. The van der Waals surface area contributed by atoms with Gasteiger partial charge in [0, 0.05) is 18.3 Å². The standard InChI is InChI=1S/C12H19FN2O/c1-4-14-7-10-5-6-15-12(11(10)13)16-8-9(2)3/h5-6,9,14H,4,7-8H2,1-3H3. The van der Waals surface area contributed by atoms with E-state index in [-0.39, 0.29) is 11.7 Å². The molecule has 0 unspecified atom stereocenters. The number of pyridine rings is 1. The number of hydrogen-bond donors (Lipinski definition) is 1. The predicted molar refractivity (Wildman–Crippen MR) is 61.9 cm³/mol. The first-order chi connectivity index (χ1) is 7.65. The fourth-order valence-electron chi connectivity index (χ4n) is 1.20. The van der Waals surface area contributed by atoms with Gasteiger partial charge >= 0.3 is 0 Å². The van der Waals surface area contributed by atoms with Gasteiger partial charge < -0.3 is 10.1 Å². The fraction of sp³-hybridized carbons (Fsp3) is 0.583. The summed E-state index contributed by atoms with van der Waals surface area (Å²) in [6, 6.07) is 1.67. The molecule has 0 saturated heterocycles. The van der Waals surface area contributed by atoms with Gasteiger partial charge in [0.2, 0.25) is 0 Å². The number of aromatic nitrogens is 1. The lowest BCUT2D eigenvalue weighted by Crippen LogP contribution is -2.14. The highest BCUT2D eigenvalue weighted by atomic mass is 19.1. The summed E-state index contributed by atoms with van der Waals surface area (Å²) in [5.41, 5.74) is 0.593. The average Bonchev–Trinajstić information content (AvgIpc) is 2.26. The van der Waals surface area contributed by atoms with Crippen molar-refractivity contribution in [3.05, 3.63) is 23.6 Å². The molecule has 0 aliphatic heterocycles. The highest BCUT2D eigenvalue weighted by Gasteiger charge is 2.10. The molecule has 0 bridgehead atoms. The molecule has 1 heterocycles. The van der Waals surface area contributed by atoms with E-state index < -0.39 is 0 Å². The Hall–Kier alpha value is -1.16. The van der Waals surface area contributed by atoms with E-state index in [1.54, 1.807) is 12.3 Å². The molecule has 16 heavy (non-hydrogen) atoms. The van der Waals surface area contributed by atoms with Crippen LogP contribution in [0.5, 0.6) is 5.88 Å². The number of ether oxygens (including phenoxy) is 1. The smallest absolute Gasteiger partial charge is 0.250 e. The van der Waals surface area contributed by atoms with E-state index in [1.165, 1.54) is 0 Å². The first-order valence-electron chi connectivity index (χ1n) is 5.62. The minimum Gasteiger partial charge on any atom is -0.475 e. The van der Waals surface area contributed by atoms with E-state index in [0.29, 0.717) is 24.6 Å². The molecule has 0 aliphatic carbocycles. The Morgan fingerprint density at radius 3 is 2.88 bits per heavy atom. The van der Waals surface area contributed by atoms with E-state index in [9.17, 15) is 4.39 Å². The van der Waals surface area contributed by atoms with Crippen LogP contribution in [0.1, 0.15) is 26.3 Å². The normalized spacial score (nSPS) is 10.8. The van der Waals surface area contributed by atoms with Crippen LogP contribution in [-0.4, -0.2) is 18.1 Å². The number of halogens is 1. The van der Waals surface area contributed by atoms with Crippen molar-refractivity contribution < 1.29 is 9.13 Å².